The number of benzene rings is 2. The molecule has 0 atom stereocenters. The summed E-state index contributed by atoms with van der Waals surface area (Å²) in [6, 6.07) is 16.0. The SMILES string of the molecule is CCOCCOc1ccccc1NCCOc1cccc(C)c1. The van der Waals surface area contributed by atoms with Crippen LogP contribution in [0.4, 0.5) is 5.69 Å². The average Bonchev–Trinajstić information content (AvgIpc) is 2.57. The number of para-hydroxylation sites is 2. The van der Waals surface area contributed by atoms with Crippen molar-refractivity contribution in [3.05, 3.63) is 54.1 Å². The van der Waals surface area contributed by atoms with Gasteiger partial charge in [-0.05, 0) is 43.7 Å². The van der Waals surface area contributed by atoms with Gasteiger partial charge in [-0.2, -0.15) is 0 Å². The third-order valence-electron chi connectivity index (χ3n) is 3.25. The smallest absolute Gasteiger partial charge is 0.142 e. The minimum Gasteiger partial charge on any atom is -0.492 e. The number of hydrogen-bond donors (Lipinski definition) is 1. The number of rotatable bonds is 10. The summed E-state index contributed by atoms with van der Waals surface area (Å²) in [5.74, 6) is 1.73. The highest BCUT2D eigenvalue weighted by molar-refractivity contribution is 5.56. The Morgan fingerprint density at radius 2 is 1.78 bits per heavy atom. The van der Waals surface area contributed by atoms with E-state index in [4.69, 9.17) is 14.2 Å². The van der Waals surface area contributed by atoms with E-state index in [0.29, 0.717) is 33.0 Å². The fourth-order valence-corrected chi connectivity index (χ4v) is 2.15. The molecule has 2 aromatic carbocycles. The molecule has 0 saturated carbocycles. The van der Waals surface area contributed by atoms with Crippen LogP contribution in [0.3, 0.4) is 0 Å². The van der Waals surface area contributed by atoms with Gasteiger partial charge >= 0.3 is 0 Å². The summed E-state index contributed by atoms with van der Waals surface area (Å²) < 4.78 is 16.8. The molecular weight excluding hydrogens is 290 g/mol. The summed E-state index contributed by atoms with van der Waals surface area (Å²) in [5.41, 5.74) is 2.17. The molecule has 0 aliphatic carbocycles. The minimum atomic E-state index is 0.548. The fraction of sp³-hybridized carbons (Fsp3) is 0.368. The Morgan fingerprint density at radius 3 is 2.61 bits per heavy atom. The van der Waals surface area contributed by atoms with Crippen molar-refractivity contribution in [3.63, 3.8) is 0 Å². The standard InChI is InChI=1S/C19H25NO3/c1-3-21-13-14-23-19-10-5-4-9-18(19)20-11-12-22-17-8-6-7-16(2)15-17/h4-10,15,20H,3,11-14H2,1-2H3. The summed E-state index contributed by atoms with van der Waals surface area (Å²) in [6.45, 7) is 7.19. The molecule has 4 nitrogen and oxygen atoms in total. The maximum Gasteiger partial charge on any atom is 0.142 e. The molecule has 1 N–H and O–H groups in total. The van der Waals surface area contributed by atoms with Gasteiger partial charge in [-0.3, -0.25) is 0 Å². The zero-order valence-corrected chi connectivity index (χ0v) is 13.9. The fourth-order valence-electron chi connectivity index (χ4n) is 2.15. The second kappa shape index (κ2) is 9.74. The Morgan fingerprint density at radius 1 is 0.913 bits per heavy atom. The monoisotopic (exact) mass is 315 g/mol. The van der Waals surface area contributed by atoms with Crippen LogP contribution < -0.4 is 14.8 Å². The van der Waals surface area contributed by atoms with Gasteiger partial charge in [0.2, 0.25) is 0 Å². The molecule has 0 radical (unpaired) electrons. The highest BCUT2D eigenvalue weighted by atomic mass is 16.5. The molecular formula is C19H25NO3. The van der Waals surface area contributed by atoms with Crippen molar-refractivity contribution in [1.29, 1.82) is 0 Å². The van der Waals surface area contributed by atoms with Crippen molar-refractivity contribution in [1.82, 2.24) is 0 Å². The molecule has 0 spiro atoms. The summed E-state index contributed by atoms with van der Waals surface area (Å²) in [4.78, 5) is 0. The first-order valence-corrected chi connectivity index (χ1v) is 8.02. The first kappa shape index (κ1) is 17.2. The molecule has 0 unspecified atom stereocenters. The molecule has 0 aliphatic rings. The summed E-state index contributed by atoms with van der Waals surface area (Å²) in [6.07, 6.45) is 0. The minimum absolute atomic E-state index is 0.548. The van der Waals surface area contributed by atoms with Gasteiger partial charge in [-0.25, -0.2) is 0 Å². The molecule has 0 aliphatic heterocycles. The van der Waals surface area contributed by atoms with Crippen LogP contribution in [0, 0.1) is 6.92 Å². The molecule has 4 heteroatoms. The van der Waals surface area contributed by atoms with Crippen LogP contribution in [0.1, 0.15) is 12.5 Å². The lowest BCUT2D eigenvalue weighted by Gasteiger charge is -2.13. The molecule has 0 saturated heterocycles. The quantitative estimate of drug-likeness (QED) is 0.675. The van der Waals surface area contributed by atoms with E-state index in [0.717, 1.165) is 17.2 Å². The van der Waals surface area contributed by atoms with Crippen molar-refractivity contribution in [2.75, 3.05) is 38.3 Å². The molecule has 0 heterocycles. The summed E-state index contributed by atoms with van der Waals surface area (Å²) >= 11 is 0. The number of anilines is 1. The van der Waals surface area contributed by atoms with E-state index in [1.54, 1.807) is 0 Å². The third-order valence-corrected chi connectivity index (χ3v) is 3.25. The van der Waals surface area contributed by atoms with E-state index < -0.39 is 0 Å². The number of aryl methyl sites for hydroxylation is 1. The Labute approximate surface area is 138 Å². The number of ether oxygens (including phenoxy) is 3. The van der Waals surface area contributed by atoms with Crippen LogP contribution in [0.25, 0.3) is 0 Å². The topological polar surface area (TPSA) is 39.7 Å². The van der Waals surface area contributed by atoms with Gasteiger partial charge in [0.25, 0.3) is 0 Å². The van der Waals surface area contributed by atoms with Gasteiger partial charge in [0.05, 0.1) is 12.3 Å². The number of hydrogen-bond acceptors (Lipinski definition) is 4. The lowest BCUT2D eigenvalue weighted by molar-refractivity contribution is 0.110. The Bertz CT molecular complexity index is 586. The summed E-state index contributed by atoms with van der Waals surface area (Å²) in [5, 5.41) is 3.35. The maximum atomic E-state index is 5.74. The van der Waals surface area contributed by atoms with Gasteiger partial charge < -0.3 is 19.5 Å². The Kier molecular flexibility index (Phi) is 7.27. The van der Waals surface area contributed by atoms with Crippen LogP contribution in [0.15, 0.2) is 48.5 Å². The summed E-state index contributed by atoms with van der Waals surface area (Å²) in [7, 11) is 0. The zero-order valence-electron chi connectivity index (χ0n) is 13.9. The van der Waals surface area contributed by atoms with Crippen LogP contribution in [-0.4, -0.2) is 33.0 Å². The average molecular weight is 315 g/mol. The van der Waals surface area contributed by atoms with Crippen molar-refractivity contribution in [3.8, 4) is 11.5 Å². The zero-order chi connectivity index (χ0) is 16.3. The van der Waals surface area contributed by atoms with Crippen LogP contribution >= 0.6 is 0 Å². The van der Waals surface area contributed by atoms with E-state index in [2.05, 4.69) is 18.3 Å². The van der Waals surface area contributed by atoms with Gasteiger partial charge in [0.15, 0.2) is 0 Å². The lowest BCUT2D eigenvalue weighted by atomic mass is 10.2. The van der Waals surface area contributed by atoms with Crippen molar-refractivity contribution in [2.45, 2.75) is 13.8 Å². The van der Waals surface area contributed by atoms with Gasteiger partial charge in [-0.15, -0.1) is 0 Å². The van der Waals surface area contributed by atoms with Crippen LogP contribution in [0.2, 0.25) is 0 Å². The van der Waals surface area contributed by atoms with Crippen LogP contribution in [-0.2, 0) is 4.74 Å². The van der Waals surface area contributed by atoms with Crippen molar-refractivity contribution < 1.29 is 14.2 Å². The van der Waals surface area contributed by atoms with E-state index in [1.807, 2.05) is 49.4 Å². The van der Waals surface area contributed by atoms with Crippen LogP contribution in [0.5, 0.6) is 11.5 Å². The molecule has 0 aromatic heterocycles. The third kappa shape index (κ3) is 6.20. The lowest BCUT2D eigenvalue weighted by Crippen LogP contribution is -2.13. The molecule has 0 bridgehead atoms. The largest absolute Gasteiger partial charge is 0.492 e. The van der Waals surface area contributed by atoms with Gasteiger partial charge in [-0.1, -0.05) is 24.3 Å². The highest BCUT2D eigenvalue weighted by Gasteiger charge is 2.02. The van der Waals surface area contributed by atoms with Crippen molar-refractivity contribution in [2.24, 2.45) is 0 Å². The molecule has 124 valence electrons. The molecule has 23 heavy (non-hydrogen) atoms. The highest BCUT2D eigenvalue weighted by Crippen LogP contribution is 2.23. The second-order valence-electron chi connectivity index (χ2n) is 5.13. The molecule has 2 aromatic rings. The molecule has 2 rings (SSSR count). The van der Waals surface area contributed by atoms with E-state index in [1.165, 1.54) is 5.56 Å². The molecule has 0 fully saturated rings. The normalized spacial score (nSPS) is 10.3. The van der Waals surface area contributed by atoms with E-state index >= 15 is 0 Å². The predicted octanol–water partition coefficient (Wildman–Crippen LogP) is 3.90. The Hall–Kier alpha value is -2.20. The Balaban J connectivity index is 1.76. The first-order chi connectivity index (χ1) is 11.3. The van der Waals surface area contributed by atoms with Gasteiger partial charge in [0.1, 0.15) is 24.7 Å². The maximum absolute atomic E-state index is 5.74. The number of nitrogens with one attached hydrogen (secondary N) is 1. The van der Waals surface area contributed by atoms with Gasteiger partial charge in [0, 0.05) is 13.2 Å². The second-order valence-corrected chi connectivity index (χ2v) is 5.13. The van der Waals surface area contributed by atoms with E-state index in [-0.39, 0.29) is 0 Å². The molecule has 0 amide bonds. The van der Waals surface area contributed by atoms with E-state index in [9.17, 15) is 0 Å². The van der Waals surface area contributed by atoms with Crippen molar-refractivity contribution >= 4 is 5.69 Å². The predicted molar refractivity (Wildman–Crippen MR) is 93.6 cm³/mol. The first-order valence-electron chi connectivity index (χ1n) is 8.02.